The molecule has 2 rings (SSSR count). The van der Waals surface area contributed by atoms with E-state index in [4.69, 9.17) is 11.6 Å². The Hall–Kier alpha value is -1.11. The van der Waals surface area contributed by atoms with E-state index in [0.29, 0.717) is 16.3 Å². The highest BCUT2D eigenvalue weighted by atomic mass is 35.5. The minimum absolute atomic E-state index is 0.0536. The quantitative estimate of drug-likeness (QED) is 0.678. The van der Waals surface area contributed by atoms with Crippen molar-refractivity contribution in [3.63, 3.8) is 0 Å². The summed E-state index contributed by atoms with van der Waals surface area (Å²) < 4.78 is 0.779. The highest BCUT2D eigenvalue weighted by Gasteiger charge is 2.09. The molecule has 0 amide bonds. The van der Waals surface area contributed by atoms with Gasteiger partial charge in [-0.25, -0.2) is 0 Å². The number of carbonyl (C=O) groups is 1. The third kappa shape index (κ3) is 3.44. The van der Waals surface area contributed by atoms with Crippen molar-refractivity contribution < 1.29 is 4.79 Å². The largest absolute Gasteiger partial charge is 0.363 e. The Morgan fingerprint density at radius 1 is 1.39 bits per heavy atom. The van der Waals surface area contributed by atoms with Gasteiger partial charge in [0.2, 0.25) is 5.13 Å². The lowest BCUT2D eigenvalue weighted by Gasteiger charge is -1.99. The Bertz CT molecular complexity index is 541. The van der Waals surface area contributed by atoms with E-state index < -0.39 is 0 Å². The standard InChI is InChI=1S/C11H10ClN3OS2/c1-13-10-14-15-11(18-10)17-6-9(16)7-2-4-8(12)5-3-7/h2-5H,6H2,1H3,(H,13,14). The van der Waals surface area contributed by atoms with Crippen LogP contribution in [0, 0.1) is 0 Å². The van der Waals surface area contributed by atoms with Crippen LogP contribution in [0.25, 0.3) is 0 Å². The van der Waals surface area contributed by atoms with Crippen LogP contribution in [0.2, 0.25) is 5.02 Å². The topological polar surface area (TPSA) is 54.9 Å². The number of rotatable bonds is 5. The average molecular weight is 300 g/mol. The molecule has 0 aliphatic heterocycles. The van der Waals surface area contributed by atoms with E-state index in [9.17, 15) is 4.79 Å². The van der Waals surface area contributed by atoms with Crippen molar-refractivity contribution >= 4 is 45.6 Å². The summed E-state index contributed by atoms with van der Waals surface area (Å²) in [4.78, 5) is 11.9. The molecule has 0 saturated heterocycles. The summed E-state index contributed by atoms with van der Waals surface area (Å²) in [6, 6.07) is 6.88. The van der Waals surface area contributed by atoms with Gasteiger partial charge in [0.1, 0.15) is 0 Å². The first-order chi connectivity index (χ1) is 8.69. The summed E-state index contributed by atoms with van der Waals surface area (Å²) in [6.07, 6.45) is 0. The van der Waals surface area contributed by atoms with Gasteiger partial charge in [0.05, 0.1) is 5.75 Å². The van der Waals surface area contributed by atoms with Gasteiger partial charge in [0, 0.05) is 17.6 Å². The van der Waals surface area contributed by atoms with Gasteiger partial charge in [-0.3, -0.25) is 4.79 Å². The molecule has 18 heavy (non-hydrogen) atoms. The zero-order valence-electron chi connectivity index (χ0n) is 9.51. The summed E-state index contributed by atoms with van der Waals surface area (Å²) in [5, 5.41) is 12.1. The number of hydrogen-bond acceptors (Lipinski definition) is 6. The van der Waals surface area contributed by atoms with Crippen LogP contribution < -0.4 is 5.32 Å². The van der Waals surface area contributed by atoms with Gasteiger partial charge < -0.3 is 5.32 Å². The number of Topliss-reactive ketones (excluding diaryl/α,β-unsaturated/α-hetero) is 1. The minimum atomic E-state index is 0.0536. The summed E-state index contributed by atoms with van der Waals surface area (Å²) >= 11 is 8.58. The zero-order chi connectivity index (χ0) is 13.0. The number of halogens is 1. The van der Waals surface area contributed by atoms with Crippen LogP contribution in [0.1, 0.15) is 10.4 Å². The summed E-state index contributed by atoms with van der Waals surface area (Å²) in [7, 11) is 1.79. The van der Waals surface area contributed by atoms with Crippen molar-refractivity contribution in [3.05, 3.63) is 34.9 Å². The minimum Gasteiger partial charge on any atom is -0.363 e. The average Bonchev–Trinajstić information content (AvgIpc) is 2.85. The molecule has 0 unspecified atom stereocenters. The van der Waals surface area contributed by atoms with Crippen LogP contribution in [0.4, 0.5) is 5.13 Å². The van der Waals surface area contributed by atoms with Gasteiger partial charge in [0.25, 0.3) is 0 Å². The fourth-order valence-electron chi connectivity index (χ4n) is 1.22. The number of nitrogens with zero attached hydrogens (tertiary/aromatic N) is 2. The van der Waals surface area contributed by atoms with Gasteiger partial charge in [-0.05, 0) is 24.3 Å². The maximum atomic E-state index is 11.9. The third-order valence-corrected chi connectivity index (χ3v) is 4.44. The first-order valence-electron chi connectivity index (χ1n) is 5.12. The Kier molecular flexibility index (Phi) is 4.57. The van der Waals surface area contributed by atoms with Crippen molar-refractivity contribution in [2.75, 3.05) is 18.1 Å². The summed E-state index contributed by atoms with van der Waals surface area (Å²) in [5.74, 6) is 0.401. The maximum absolute atomic E-state index is 11.9. The van der Waals surface area contributed by atoms with Gasteiger partial charge in [-0.2, -0.15) is 0 Å². The second-order valence-corrected chi connectivity index (χ2v) is 5.98. The highest BCUT2D eigenvalue weighted by Crippen LogP contribution is 2.25. The van der Waals surface area contributed by atoms with Crippen LogP contribution in [0.3, 0.4) is 0 Å². The Balaban J connectivity index is 1.93. The summed E-state index contributed by atoms with van der Waals surface area (Å²) in [6.45, 7) is 0. The van der Waals surface area contributed by atoms with Gasteiger partial charge >= 0.3 is 0 Å². The van der Waals surface area contributed by atoms with E-state index in [1.807, 2.05) is 0 Å². The number of anilines is 1. The van der Waals surface area contributed by atoms with Crippen molar-refractivity contribution in [3.8, 4) is 0 Å². The Morgan fingerprint density at radius 3 is 2.72 bits per heavy atom. The molecular weight excluding hydrogens is 290 g/mol. The third-order valence-electron chi connectivity index (χ3n) is 2.11. The van der Waals surface area contributed by atoms with E-state index in [1.165, 1.54) is 23.1 Å². The molecule has 2 aromatic rings. The monoisotopic (exact) mass is 299 g/mol. The lowest BCUT2D eigenvalue weighted by Crippen LogP contribution is -2.01. The second kappa shape index (κ2) is 6.17. The van der Waals surface area contributed by atoms with Crippen LogP contribution in [0.15, 0.2) is 28.6 Å². The van der Waals surface area contributed by atoms with Crippen molar-refractivity contribution in [2.24, 2.45) is 0 Å². The van der Waals surface area contributed by atoms with Gasteiger partial charge in [-0.1, -0.05) is 34.7 Å². The molecule has 7 heteroatoms. The SMILES string of the molecule is CNc1nnc(SCC(=O)c2ccc(Cl)cc2)s1. The Morgan fingerprint density at radius 2 is 2.11 bits per heavy atom. The number of ketones is 1. The molecule has 1 N–H and O–H groups in total. The number of thioether (sulfide) groups is 1. The smallest absolute Gasteiger partial charge is 0.206 e. The predicted molar refractivity (Wildman–Crippen MR) is 76.0 cm³/mol. The molecule has 1 heterocycles. The number of aromatic nitrogens is 2. The van der Waals surface area contributed by atoms with Crippen LogP contribution in [0.5, 0.6) is 0 Å². The normalized spacial score (nSPS) is 10.3. The number of carbonyl (C=O) groups excluding carboxylic acids is 1. The molecule has 94 valence electrons. The van der Waals surface area contributed by atoms with E-state index in [-0.39, 0.29) is 5.78 Å². The van der Waals surface area contributed by atoms with E-state index in [2.05, 4.69) is 15.5 Å². The van der Waals surface area contributed by atoms with Crippen LogP contribution >= 0.6 is 34.7 Å². The molecule has 0 spiro atoms. The molecule has 0 saturated carbocycles. The van der Waals surface area contributed by atoms with Crippen molar-refractivity contribution in [2.45, 2.75) is 4.34 Å². The maximum Gasteiger partial charge on any atom is 0.206 e. The first kappa shape index (κ1) is 13.3. The van der Waals surface area contributed by atoms with Gasteiger partial charge in [0.15, 0.2) is 10.1 Å². The van der Waals surface area contributed by atoms with Crippen molar-refractivity contribution in [1.29, 1.82) is 0 Å². The molecule has 1 aromatic heterocycles. The second-order valence-electron chi connectivity index (χ2n) is 3.34. The molecule has 0 fully saturated rings. The molecule has 0 atom stereocenters. The fraction of sp³-hybridized carbons (Fsp3) is 0.182. The van der Waals surface area contributed by atoms with Crippen molar-refractivity contribution in [1.82, 2.24) is 10.2 Å². The number of benzene rings is 1. The van der Waals surface area contributed by atoms with Gasteiger partial charge in [-0.15, -0.1) is 10.2 Å². The van der Waals surface area contributed by atoms with E-state index in [1.54, 1.807) is 31.3 Å². The molecule has 4 nitrogen and oxygen atoms in total. The molecule has 0 aliphatic rings. The fourth-order valence-corrected chi connectivity index (χ4v) is 2.94. The molecular formula is C11H10ClN3OS2. The predicted octanol–water partition coefficient (Wildman–Crippen LogP) is 3.21. The molecule has 0 radical (unpaired) electrons. The summed E-state index contributed by atoms with van der Waals surface area (Å²) in [5.41, 5.74) is 0.658. The molecule has 1 aromatic carbocycles. The number of nitrogens with one attached hydrogen (secondary N) is 1. The molecule has 0 bridgehead atoms. The number of hydrogen-bond donors (Lipinski definition) is 1. The first-order valence-corrected chi connectivity index (χ1v) is 7.30. The lowest BCUT2D eigenvalue weighted by molar-refractivity contribution is 0.102. The van der Waals surface area contributed by atoms with E-state index >= 15 is 0 Å². The Labute approximate surface area is 118 Å². The molecule has 0 aliphatic carbocycles. The van der Waals surface area contributed by atoms with Crippen LogP contribution in [-0.4, -0.2) is 28.8 Å². The van der Waals surface area contributed by atoms with Crippen LogP contribution in [-0.2, 0) is 0 Å². The highest BCUT2D eigenvalue weighted by molar-refractivity contribution is 8.01. The zero-order valence-corrected chi connectivity index (χ0v) is 11.9. The lowest BCUT2D eigenvalue weighted by atomic mass is 10.1. The van der Waals surface area contributed by atoms with E-state index in [0.717, 1.165) is 9.47 Å².